The van der Waals surface area contributed by atoms with Crippen molar-refractivity contribution in [3.63, 3.8) is 0 Å². The van der Waals surface area contributed by atoms with Crippen molar-refractivity contribution in [1.29, 1.82) is 0 Å². The number of benzene rings is 2. The maximum absolute atomic E-state index is 12.8. The minimum Gasteiger partial charge on any atom is -0.493 e. The third-order valence-corrected chi connectivity index (χ3v) is 9.05. The van der Waals surface area contributed by atoms with Crippen molar-refractivity contribution in [3.8, 4) is 11.5 Å². The molecule has 0 unspecified atom stereocenters. The Morgan fingerprint density at radius 3 is 2.42 bits per heavy atom. The Hall–Kier alpha value is -3.39. The van der Waals surface area contributed by atoms with E-state index < -0.39 is 10.0 Å². The lowest BCUT2D eigenvalue weighted by Crippen LogP contribution is -2.40. The van der Waals surface area contributed by atoms with Gasteiger partial charge in [-0.05, 0) is 48.9 Å². The molecule has 2 aromatic carbocycles. The lowest BCUT2D eigenvalue weighted by Gasteiger charge is -2.26. The highest BCUT2D eigenvalue weighted by molar-refractivity contribution is 7.99. The van der Waals surface area contributed by atoms with Crippen LogP contribution in [0.1, 0.15) is 5.56 Å². The number of carbonyl (C=O) groups excluding carboxylic acids is 1. The molecule has 4 aromatic rings. The SMILES string of the molecule is COc1cc2cc(C)c3nnc(SCC(=O)Nc4ccc(S(=O)(=O)N5CCOCC5)cc4)n3c2cc1OC. The molecule has 5 rings (SSSR count). The van der Waals surface area contributed by atoms with E-state index in [2.05, 4.69) is 15.5 Å². The molecule has 1 saturated heterocycles. The van der Waals surface area contributed by atoms with Crippen molar-refractivity contribution in [1.82, 2.24) is 18.9 Å². The van der Waals surface area contributed by atoms with Crippen LogP contribution < -0.4 is 14.8 Å². The molecule has 1 aliphatic heterocycles. The Morgan fingerprint density at radius 1 is 1.05 bits per heavy atom. The highest BCUT2D eigenvalue weighted by Gasteiger charge is 2.26. The summed E-state index contributed by atoms with van der Waals surface area (Å²) < 4.78 is 45.1. The maximum Gasteiger partial charge on any atom is 0.243 e. The van der Waals surface area contributed by atoms with Gasteiger partial charge in [-0.1, -0.05) is 11.8 Å². The molecule has 13 heteroatoms. The Bertz CT molecular complexity index is 1600. The summed E-state index contributed by atoms with van der Waals surface area (Å²) in [6.45, 7) is 3.35. The number of nitrogens with one attached hydrogen (secondary N) is 1. The van der Waals surface area contributed by atoms with Gasteiger partial charge in [-0.15, -0.1) is 10.2 Å². The average Bonchev–Trinajstić information content (AvgIpc) is 3.37. The van der Waals surface area contributed by atoms with Gasteiger partial charge in [-0.25, -0.2) is 8.42 Å². The number of aromatic nitrogens is 3. The second-order valence-corrected chi connectivity index (χ2v) is 11.5. The van der Waals surface area contributed by atoms with Gasteiger partial charge in [-0.2, -0.15) is 4.31 Å². The van der Waals surface area contributed by atoms with Crippen LogP contribution >= 0.6 is 11.8 Å². The van der Waals surface area contributed by atoms with Gasteiger partial charge in [0.1, 0.15) is 0 Å². The molecule has 2 aromatic heterocycles. The lowest BCUT2D eigenvalue weighted by molar-refractivity contribution is -0.113. The van der Waals surface area contributed by atoms with Gasteiger partial charge in [0.25, 0.3) is 0 Å². The maximum atomic E-state index is 12.8. The first-order valence-corrected chi connectivity index (χ1v) is 14.3. The largest absolute Gasteiger partial charge is 0.493 e. The van der Waals surface area contributed by atoms with E-state index in [0.717, 1.165) is 16.5 Å². The summed E-state index contributed by atoms with van der Waals surface area (Å²) in [5.74, 6) is 1.01. The molecule has 0 spiro atoms. The molecule has 0 saturated carbocycles. The van der Waals surface area contributed by atoms with Gasteiger partial charge < -0.3 is 19.5 Å². The number of carbonyl (C=O) groups is 1. The van der Waals surface area contributed by atoms with Crippen LogP contribution in [0.4, 0.5) is 5.69 Å². The van der Waals surface area contributed by atoms with E-state index in [4.69, 9.17) is 14.2 Å². The molecule has 1 fully saturated rings. The van der Waals surface area contributed by atoms with Crippen LogP contribution in [0.15, 0.2) is 52.5 Å². The number of pyridine rings is 1. The van der Waals surface area contributed by atoms with Crippen LogP contribution in [-0.4, -0.2) is 79.5 Å². The number of rotatable bonds is 8. The summed E-state index contributed by atoms with van der Waals surface area (Å²) in [6, 6.07) is 11.9. The first kappa shape index (κ1) is 26.2. The van der Waals surface area contributed by atoms with E-state index in [1.165, 1.54) is 28.2 Å². The first-order valence-electron chi connectivity index (χ1n) is 11.8. The first-order chi connectivity index (χ1) is 18.3. The van der Waals surface area contributed by atoms with Crippen molar-refractivity contribution < 1.29 is 27.4 Å². The van der Waals surface area contributed by atoms with E-state index in [1.54, 1.807) is 26.4 Å². The number of hydrogen-bond donors (Lipinski definition) is 1. The van der Waals surface area contributed by atoms with Crippen molar-refractivity contribution in [2.24, 2.45) is 0 Å². The van der Waals surface area contributed by atoms with Gasteiger partial charge in [0.05, 0.1) is 43.6 Å². The molecule has 1 aliphatic rings. The van der Waals surface area contributed by atoms with Crippen LogP contribution in [0.25, 0.3) is 16.6 Å². The third-order valence-electron chi connectivity index (χ3n) is 6.21. The van der Waals surface area contributed by atoms with E-state index in [1.807, 2.05) is 29.5 Å². The van der Waals surface area contributed by atoms with Gasteiger partial charge in [0, 0.05) is 30.2 Å². The number of anilines is 1. The van der Waals surface area contributed by atoms with Gasteiger partial charge in [-0.3, -0.25) is 9.20 Å². The van der Waals surface area contributed by atoms with Gasteiger partial charge in [0.15, 0.2) is 22.3 Å². The number of fused-ring (bicyclic) bond motifs is 3. The fourth-order valence-corrected chi connectivity index (χ4v) is 6.45. The van der Waals surface area contributed by atoms with Crippen LogP contribution in [0, 0.1) is 6.92 Å². The molecule has 3 heterocycles. The molecule has 1 amide bonds. The highest BCUT2D eigenvalue weighted by atomic mass is 32.2. The monoisotopic (exact) mass is 557 g/mol. The second kappa shape index (κ2) is 10.8. The number of amides is 1. The van der Waals surface area contributed by atoms with E-state index >= 15 is 0 Å². The minimum absolute atomic E-state index is 0.0807. The zero-order chi connectivity index (χ0) is 26.9. The van der Waals surface area contributed by atoms with Crippen molar-refractivity contribution >= 4 is 49.9 Å². The summed E-state index contributed by atoms with van der Waals surface area (Å²) in [7, 11) is -0.434. The van der Waals surface area contributed by atoms with E-state index in [9.17, 15) is 13.2 Å². The van der Waals surface area contributed by atoms with Crippen LogP contribution in [0.3, 0.4) is 0 Å². The highest BCUT2D eigenvalue weighted by Crippen LogP contribution is 2.34. The van der Waals surface area contributed by atoms with E-state index in [0.29, 0.717) is 54.3 Å². The molecule has 0 aliphatic carbocycles. The summed E-state index contributed by atoms with van der Waals surface area (Å²) in [4.78, 5) is 12.9. The smallest absolute Gasteiger partial charge is 0.243 e. The fourth-order valence-electron chi connectivity index (χ4n) is 4.30. The summed E-state index contributed by atoms with van der Waals surface area (Å²) in [6.07, 6.45) is 0. The van der Waals surface area contributed by atoms with Gasteiger partial charge >= 0.3 is 0 Å². The Kier molecular flexibility index (Phi) is 7.43. The zero-order valence-corrected chi connectivity index (χ0v) is 22.8. The van der Waals surface area contributed by atoms with E-state index in [-0.39, 0.29) is 16.6 Å². The molecule has 200 valence electrons. The number of hydrogen-bond acceptors (Lipinski definition) is 9. The van der Waals surface area contributed by atoms with Crippen molar-refractivity contribution in [3.05, 3.63) is 48.0 Å². The zero-order valence-electron chi connectivity index (χ0n) is 21.1. The predicted octanol–water partition coefficient (Wildman–Crippen LogP) is 2.96. The minimum atomic E-state index is -3.60. The predicted molar refractivity (Wildman–Crippen MR) is 144 cm³/mol. The number of methoxy groups -OCH3 is 2. The van der Waals surface area contributed by atoms with Crippen LogP contribution in [0.5, 0.6) is 11.5 Å². The summed E-state index contributed by atoms with van der Waals surface area (Å²) >= 11 is 1.25. The lowest BCUT2D eigenvalue weighted by atomic mass is 10.1. The molecule has 0 atom stereocenters. The Balaban J connectivity index is 1.31. The normalized spacial score (nSPS) is 14.6. The van der Waals surface area contributed by atoms with Crippen LogP contribution in [0.2, 0.25) is 0 Å². The summed E-state index contributed by atoms with van der Waals surface area (Å²) in [5.41, 5.74) is 2.94. The van der Waals surface area contributed by atoms with Crippen molar-refractivity contribution in [2.75, 3.05) is 51.6 Å². The molecule has 0 bridgehead atoms. The average molecular weight is 558 g/mol. The topological polar surface area (TPSA) is 124 Å². The number of nitrogens with zero attached hydrogens (tertiary/aromatic N) is 4. The number of morpholine rings is 1. The molecular weight excluding hydrogens is 530 g/mol. The van der Waals surface area contributed by atoms with Gasteiger partial charge in [0.2, 0.25) is 15.9 Å². The molecular formula is C25H27N5O6S2. The molecule has 11 nitrogen and oxygen atoms in total. The molecule has 38 heavy (non-hydrogen) atoms. The Labute approximate surface area is 224 Å². The Morgan fingerprint density at radius 2 is 1.74 bits per heavy atom. The number of thioether (sulfide) groups is 1. The fraction of sp³-hybridized carbons (Fsp3) is 0.320. The quantitative estimate of drug-likeness (QED) is 0.326. The standard InChI is InChI=1S/C25H27N5O6S2/c1-16-12-17-13-21(34-2)22(35-3)14-20(17)30-24(16)27-28-25(30)37-15-23(31)26-18-4-6-19(7-5-18)38(32,33)29-8-10-36-11-9-29/h4-7,12-14H,8-11,15H2,1-3H3,(H,26,31). The molecule has 0 radical (unpaired) electrons. The third kappa shape index (κ3) is 5.01. The number of ether oxygens (including phenoxy) is 3. The van der Waals surface area contributed by atoms with Crippen molar-refractivity contribution in [2.45, 2.75) is 17.0 Å². The number of aryl methyl sites for hydroxylation is 1. The molecule has 1 N–H and O–H groups in total. The van der Waals surface area contributed by atoms with Crippen LogP contribution in [-0.2, 0) is 19.6 Å². The number of sulfonamides is 1. The second-order valence-electron chi connectivity index (χ2n) is 8.61. The summed E-state index contributed by atoms with van der Waals surface area (Å²) in [5, 5.41) is 12.9.